The van der Waals surface area contributed by atoms with Gasteiger partial charge in [-0.05, 0) is 48.6 Å². The maximum Gasteiger partial charge on any atom is 0.252 e. The lowest BCUT2D eigenvalue weighted by Gasteiger charge is -2.30. The minimum atomic E-state index is -3.56. The van der Waals surface area contributed by atoms with Crippen LogP contribution in [0.2, 0.25) is 0 Å². The number of anilines is 1. The predicted molar refractivity (Wildman–Crippen MR) is 113 cm³/mol. The maximum absolute atomic E-state index is 12.9. The Bertz CT molecular complexity index is 1130. The number of fused-ring (bicyclic) bond motifs is 1. The number of amides is 1. The summed E-state index contributed by atoms with van der Waals surface area (Å²) in [4.78, 5) is 17.3. The Kier molecular flexibility index (Phi) is 5.53. The molecular weight excluding hydrogens is 410 g/mol. The van der Waals surface area contributed by atoms with E-state index >= 15 is 0 Å². The van der Waals surface area contributed by atoms with Gasteiger partial charge in [0.25, 0.3) is 10.0 Å². The summed E-state index contributed by atoms with van der Waals surface area (Å²) in [5.74, 6) is 0.0307. The number of ether oxygens (including phenoxy) is 1. The van der Waals surface area contributed by atoms with E-state index in [2.05, 4.69) is 10.3 Å². The van der Waals surface area contributed by atoms with Crippen LogP contribution in [0.15, 0.2) is 52.2 Å². The highest BCUT2D eigenvalue weighted by Gasteiger charge is 2.34. The number of thiophene rings is 1. The van der Waals surface area contributed by atoms with Crippen LogP contribution in [-0.4, -0.2) is 43.8 Å². The topological polar surface area (TPSA) is 88.6 Å². The van der Waals surface area contributed by atoms with E-state index in [0.717, 1.165) is 5.39 Å². The molecule has 4 rings (SSSR count). The van der Waals surface area contributed by atoms with Crippen molar-refractivity contribution >= 4 is 43.9 Å². The van der Waals surface area contributed by atoms with Crippen molar-refractivity contribution in [3.8, 4) is 5.75 Å². The lowest BCUT2D eigenvalue weighted by Crippen LogP contribution is -2.43. The first-order valence-corrected chi connectivity index (χ1v) is 11.6. The third-order valence-corrected chi connectivity index (χ3v) is 8.29. The van der Waals surface area contributed by atoms with Crippen molar-refractivity contribution in [3.05, 3.63) is 48.0 Å². The van der Waals surface area contributed by atoms with Crippen LogP contribution < -0.4 is 10.1 Å². The average Bonchev–Trinajstić information content (AvgIpc) is 3.30. The Hall–Kier alpha value is -2.49. The van der Waals surface area contributed by atoms with Gasteiger partial charge in [0, 0.05) is 24.7 Å². The van der Waals surface area contributed by atoms with Gasteiger partial charge in [-0.1, -0.05) is 6.07 Å². The van der Waals surface area contributed by atoms with Crippen LogP contribution in [0.4, 0.5) is 5.69 Å². The SMILES string of the molecule is COc1ccc(NC(=O)C2CCCN(S(=O)(=O)c3cccs3)C2)c2cccnc12. The van der Waals surface area contributed by atoms with Gasteiger partial charge in [-0.3, -0.25) is 9.78 Å². The molecule has 0 spiro atoms. The molecule has 1 atom stereocenters. The number of carbonyl (C=O) groups excluding carboxylic acids is 1. The fourth-order valence-electron chi connectivity index (χ4n) is 3.57. The van der Waals surface area contributed by atoms with Gasteiger partial charge >= 0.3 is 0 Å². The van der Waals surface area contributed by atoms with E-state index in [4.69, 9.17) is 4.74 Å². The van der Waals surface area contributed by atoms with Gasteiger partial charge in [-0.25, -0.2) is 8.42 Å². The molecule has 1 aromatic carbocycles. The summed E-state index contributed by atoms with van der Waals surface area (Å²) in [5.41, 5.74) is 1.30. The van der Waals surface area contributed by atoms with Crippen LogP contribution >= 0.6 is 11.3 Å². The molecule has 0 radical (unpaired) electrons. The number of rotatable bonds is 5. The van der Waals surface area contributed by atoms with Gasteiger partial charge < -0.3 is 10.1 Å². The third kappa shape index (κ3) is 3.85. The summed E-state index contributed by atoms with van der Waals surface area (Å²) in [6.07, 6.45) is 2.97. The Balaban J connectivity index is 1.54. The van der Waals surface area contributed by atoms with Crippen molar-refractivity contribution in [2.24, 2.45) is 5.92 Å². The normalized spacial score (nSPS) is 17.9. The van der Waals surface area contributed by atoms with E-state index < -0.39 is 15.9 Å². The first-order chi connectivity index (χ1) is 14.0. The average molecular weight is 432 g/mol. The smallest absolute Gasteiger partial charge is 0.252 e. The quantitative estimate of drug-likeness (QED) is 0.669. The third-order valence-electron chi connectivity index (χ3n) is 5.05. The molecule has 3 aromatic rings. The van der Waals surface area contributed by atoms with Crippen molar-refractivity contribution in [2.45, 2.75) is 17.1 Å². The molecule has 29 heavy (non-hydrogen) atoms. The summed E-state index contributed by atoms with van der Waals surface area (Å²) in [6.45, 7) is 0.609. The molecule has 9 heteroatoms. The van der Waals surface area contributed by atoms with Gasteiger partial charge in [0.2, 0.25) is 5.91 Å². The number of hydrogen-bond acceptors (Lipinski definition) is 6. The van der Waals surface area contributed by atoms with Gasteiger partial charge in [-0.15, -0.1) is 11.3 Å². The largest absolute Gasteiger partial charge is 0.494 e. The zero-order valence-corrected chi connectivity index (χ0v) is 17.5. The number of benzene rings is 1. The summed E-state index contributed by atoms with van der Waals surface area (Å²) in [5, 5.41) is 5.48. The highest BCUT2D eigenvalue weighted by Crippen LogP contribution is 2.31. The Morgan fingerprint density at radius 3 is 2.90 bits per heavy atom. The van der Waals surface area contributed by atoms with Crippen LogP contribution in [0.1, 0.15) is 12.8 Å². The highest BCUT2D eigenvalue weighted by atomic mass is 32.2. The molecule has 1 fully saturated rings. The minimum absolute atomic E-state index is 0.179. The summed E-state index contributed by atoms with van der Waals surface area (Å²) in [7, 11) is -1.98. The van der Waals surface area contributed by atoms with Crippen molar-refractivity contribution < 1.29 is 17.9 Å². The lowest BCUT2D eigenvalue weighted by molar-refractivity contribution is -0.120. The summed E-state index contributed by atoms with van der Waals surface area (Å²) in [6, 6.07) is 10.5. The second-order valence-electron chi connectivity index (χ2n) is 6.84. The predicted octanol–water partition coefficient (Wildman–Crippen LogP) is 3.34. The molecule has 3 heterocycles. The molecule has 0 saturated carbocycles. The van der Waals surface area contributed by atoms with Crippen molar-refractivity contribution in [2.75, 3.05) is 25.5 Å². The number of aromatic nitrogens is 1. The fraction of sp³-hybridized carbons (Fsp3) is 0.300. The number of carbonyl (C=O) groups is 1. The number of piperidine rings is 1. The Labute approximate surface area is 173 Å². The second-order valence-corrected chi connectivity index (χ2v) is 9.95. The maximum atomic E-state index is 12.9. The first kappa shape index (κ1) is 19.8. The van der Waals surface area contributed by atoms with Gasteiger partial charge in [0.1, 0.15) is 15.5 Å². The van der Waals surface area contributed by atoms with Crippen LogP contribution in [-0.2, 0) is 14.8 Å². The van der Waals surface area contributed by atoms with E-state index in [1.54, 1.807) is 49.0 Å². The molecule has 152 valence electrons. The van der Waals surface area contributed by atoms with Crippen LogP contribution in [0.25, 0.3) is 10.9 Å². The van der Waals surface area contributed by atoms with Crippen LogP contribution in [0.5, 0.6) is 5.75 Å². The van der Waals surface area contributed by atoms with E-state index in [9.17, 15) is 13.2 Å². The molecule has 1 unspecified atom stereocenters. The van der Waals surface area contributed by atoms with Crippen molar-refractivity contribution in [3.63, 3.8) is 0 Å². The summed E-state index contributed by atoms with van der Waals surface area (Å²) < 4.78 is 32.7. The molecule has 1 N–H and O–H groups in total. The van der Waals surface area contributed by atoms with Gasteiger partial charge in [0.15, 0.2) is 0 Å². The molecule has 2 aromatic heterocycles. The van der Waals surface area contributed by atoms with E-state index in [1.807, 2.05) is 6.07 Å². The molecule has 7 nitrogen and oxygen atoms in total. The number of pyridine rings is 1. The van der Waals surface area contributed by atoms with Gasteiger partial charge in [0.05, 0.1) is 18.7 Å². The summed E-state index contributed by atoms with van der Waals surface area (Å²) >= 11 is 1.19. The Morgan fingerprint density at radius 2 is 2.14 bits per heavy atom. The number of nitrogens with one attached hydrogen (secondary N) is 1. The van der Waals surface area contributed by atoms with Crippen LogP contribution in [0, 0.1) is 5.92 Å². The standard InChI is InChI=1S/C20H21N3O4S2/c1-27-17-9-8-16(15-6-2-10-21-19(15)17)22-20(24)14-5-3-11-23(13-14)29(25,26)18-7-4-12-28-18/h2,4,6-10,12,14H,3,5,11,13H2,1H3,(H,22,24). The molecule has 1 amide bonds. The molecule has 1 aliphatic heterocycles. The zero-order valence-electron chi connectivity index (χ0n) is 15.9. The monoisotopic (exact) mass is 431 g/mol. The first-order valence-electron chi connectivity index (χ1n) is 9.27. The molecule has 0 aliphatic carbocycles. The Morgan fingerprint density at radius 1 is 1.28 bits per heavy atom. The number of nitrogens with zero attached hydrogens (tertiary/aromatic N) is 2. The molecular formula is C20H21N3O4S2. The van der Waals surface area contributed by atoms with E-state index in [1.165, 1.54) is 15.6 Å². The fourth-order valence-corrected chi connectivity index (χ4v) is 6.24. The van der Waals surface area contributed by atoms with E-state index in [0.29, 0.717) is 40.5 Å². The highest BCUT2D eigenvalue weighted by molar-refractivity contribution is 7.91. The number of sulfonamides is 1. The number of hydrogen-bond donors (Lipinski definition) is 1. The van der Waals surface area contributed by atoms with Crippen molar-refractivity contribution in [1.29, 1.82) is 0 Å². The van der Waals surface area contributed by atoms with Crippen LogP contribution in [0.3, 0.4) is 0 Å². The van der Waals surface area contributed by atoms with Gasteiger partial charge in [-0.2, -0.15) is 4.31 Å². The molecule has 1 aliphatic rings. The van der Waals surface area contributed by atoms with Crippen molar-refractivity contribution in [1.82, 2.24) is 9.29 Å². The molecule has 0 bridgehead atoms. The zero-order chi connectivity index (χ0) is 20.4. The second kappa shape index (κ2) is 8.10. The number of methoxy groups -OCH3 is 1. The lowest BCUT2D eigenvalue weighted by atomic mass is 9.98. The molecule has 1 saturated heterocycles. The minimum Gasteiger partial charge on any atom is -0.494 e. The van der Waals surface area contributed by atoms with E-state index in [-0.39, 0.29) is 12.5 Å².